The molecule has 3 N–H and O–H groups in total. The first-order chi connectivity index (χ1) is 12.1. The molecule has 1 fully saturated rings. The molecule has 0 saturated carbocycles. The summed E-state index contributed by atoms with van der Waals surface area (Å²) >= 11 is 0. The van der Waals surface area contributed by atoms with Gasteiger partial charge in [0.25, 0.3) is 5.91 Å². The second kappa shape index (κ2) is 7.52. The molecule has 0 spiro atoms. The van der Waals surface area contributed by atoms with Crippen LogP contribution in [0.4, 0.5) is 4.79 Å². The summed E-state index contributed by atoms with van der Waals surface area (Å²) in [5.74, 6) is -0.315. The summed E-state index contributed by atoms with van der Waals surface area (Å²) in [6, 6.07) is 10.3. The summed E-state index contributed by atoms with van der Waals surface area (Å²) in [7, 11) is 0. The molecule has 0 aliphatic carbocycles. The first-order valence-corrected chi connectivity index (χ1v) is 7.73. The van der Waals surface area contributed by atoms with Gasteiger partial charge in [0, 0.05) is 18.8 Å². The van der Waals surface area contributed by atoms with E-state index in [9.17, 15) is 14.4 Å². The van der Waals surface area contributed by atoms with E-state index in [4.69, 9.17) is 9.47 Å². The number of benzene rings is 1. The fraction of sp³-hybridized carbons (Fsp3) is 0.235. The number of carbonyl (C=O) groups excluding carboxylic acids is 2. The van der Waals surface area contributed by atoms with Crippen molar-refractivity contribution in [1.29, 1.82) is 0 Å². The van der Waals surface area contributed by atoms with Crippen LogP contribution in [0.15, 0.2) is 47.4 Å². The fourth-order valence-electron chi connectivity index (χ4n) is 2.28. The molecule has 1 aromatic heterocycles. The molecule has 130 valence electrons. The first-order valence-electron chi connectivity index (χ1n) is 7.73. The number of rotatable bonds is 6. The number of H-pyrrole nitrogens is 1. The summed E-state index contributed by atoms with van der Waals surface area (Å²) in [6.45, 7) is 0.664. The molecule has 1 aromatic carbocycles. The van der Waals surface area contributed by atoms with Crippen LogP contribution < -0.4 is 20.8 Å². The molecule has 1 unspecified atom stereocenters. The highest BCUT2D eigenvalue weighted by Crippen LogP contribution is 2.07. The summed E-state index contributed by atoms with van der Waals surface area (Å²) in [5, 5.41) is 5.17. The molecule has 0 bridgehead atoms. The Hall–Kier alpha value is -3.29. The number of ether oxygens (including phenoxy) is 2. The minimum Gasteiger partial charge on any atom is -0.483 e. The van der Waals surface area contributed by atoms with Crippen LogP contribution in [0.25, 0.3) is 0 Å². The van der Waals surface area contributed by atoms with E-state index in [0.717, 1.165) is 5.56 Å². The average Bonchev–Trinajstić information content (AvgIpc) is 3.05. The molecule has 8 nitrogen and oxygen atoms in total. The molecule has 1 atom stereocenters. The molecule has 1 saturated heterocycles. The van der Waals surface area contributed by atoms with Crippen molar-refractivity contribution in [2.24, 2.45) is 0 Å². The lowest BCUT2D eigenvalue weighted by Gasteiger charge is -2.10. The summed E-state index contributed by atoms with van der Waals surface area (Å²) < 4.78 is 10.2. The predicted molar refractivity (Wildman–Crippen MR) is 88.4 cm³/mol. The van der Waals surface area contributed by atoms with Crippen molar-refractivity contribution in [3.8, 4) is 5.75 Å². The number of alkyl carbamates (subject to hydrolysis) is 1. The molecule has 0 radical (unpaired) electrons. The standard InChI is InChI=1S/C17H17N3O5/c21-14-6-13(16(22)19-7-12-10-25-17(23)20-12)18-8-15(14)24-9-11-4-2-1-3-5-11/h1-6,8,12H,7,9-10H2,(H,18,21)(H,19,22)(H,20,23). The van der Waals surface area contributed by atoms with Crippen molar-refractivity contribution >= 4 is 12.0 Å². The Kier molecular flexibility index (Phi) is 4.98. The van der Waals surface area contributed by atoms with Gasteiger partial charge in [-0.3, -0.25) is 9.59 Å². The van der Waals surface area contributed by atoms with Gasteiger partial charge < -0.3 is 25.1 Å². The zero-order valence-corrected chi connectivity index (χ0v) is 13.3. The Bertz CT molecular complexity index is 819. The van der Waals surface area contributed by atoms with Gasteiger partial charge in [0.1, 0.15) is 18.9 Å². The van der Waals surface area contributed by atoms with E-state index in [-0.39, 0.29) is 37.2 Å². The zero-order chi connectivity index (χ0) is 17.6. The largest absolute Gasteiger partial charge is 0.483 e. The number of amides is 2. The van der Waals surface area contributed by atoms with Gasteiger partial charge in [-0.2, -0.15) is 0 Å². The van der Waals surface area contributed by atoms with Gasteiger partial charge in [-0.15, -0.1) is 0 Å². The number of cyclic esters (lactones) is 1. The predicted octanol–water partition coefficient (Wildman–Crippen LogP) is 0.792. The maximum Gasteiger partial charge on any atom is 0.407 e. The Morgan fingerprint density at radius 3 is 2.76 bits per heavy atom. The van der Waals surface area contributed by atoms with E-state index >= 15 is 0 Å². The highest BCUT2D eigenvalue weighted by atomic mass is 16.6. The van der Waals surface area contributed by atoms with E-state index in [1.54, 1.807) is 0 Å². The van der Waals surface area contributed by atoms with E-state index < -0.39 is 17.4 Å². The average molecular weight is 343 g/mol. The molecule has 2 aromatic rings. The topological polar surface area (TPSA) is 110 Å². The Morgan fingerprint density at radius 1 is 1.28 bits per heavy atom. The third-order valence-corrected chi connectivity index (χ3v) is 3.61. The minimum absolute atomic E-state index is 0.113. The molecule has 1 aliphatic rings. The lowest BCUT2D eigenvalue weighted by Crippen LogP contribution is -2.39. The SMILES string of the molecule is O=C1NC(CNC(=O)c2cc(=O)c(OCc3ccccc3)c[nH]2)CO1. The van der Waals surface area contributed by atoms with Gasteiger partial charge in [0.2, 0.25) is 5.43 Å². The molecule has 2 amide bonds. The van der Waals surface area contributed by atoms with Crippen LogP contribution in [0.1, 0.15) is 16.1 Å². The maximum absolute atomic E-state index is 12.1. The minimum atomic E-state index is -0.507. The van der Waals surface area contributed by atoms with Gasteiger partial charge >= 0.3 is 6.09 Å². The quantitative estimate of drug-likeness (QED) is 0.718. The van der Waals surface area contributed by atoms with Crippen LogP contribution >= 0.6 is 0 Å². The lowest BCUT2D eigenvalue weighted by molar-refractivity contribution is 0.0944. The van der Waals surface area contributed by atoms with Crippen molar-refractivity contribution in [3.63, 3.8) is 0 Å². The second-order valence-electron chi connectivity index (χ2n) is 5.50. The van der Waals surface area contributed by atoms with Gasteiger partial charge in [-0.25, -0.2) is 4.79 Å². The highest BCUT2D eigenvalue weighted by molar-refractivity contribution is 5.92. The number of pyridine rings is 1. The van der Waals surface area contributed by atoms with Crippen molar-refractivity contribution in [2.45, 2.75) is 12.6 Å². The monoisotopic (exact) mass is 343 g/mol. The molecular weight excluding hydrogens is 326 g/mol. The molecule has 3 rings (SSSR count). The van der Waals surface area contributed by atoms with Crippen molar-refractivity contribution in [2.75, 3.05) is 13.2 Å². The van der Waals surface area contributed by atoms with Crippen molar-refractivity contribution < 1.29 is 19.1 Å². The first kappa shape index (κ1) is 16.6. The summed E-state index contributed by atoms with van der Waals surface area (Å²) in [6.07, 6.45) is 0.855. The Morgan fingerprint density at radius 2 is 2.08 bits per heavy atom. The summed E-state index contributed by atoms with van der Waals surface area (Å²) in [4.78, 5) is 37.8. The van der Waals surface area contributed by atoms with E-state index in [1.807, 2.05) is 30.3 Å². The summed E-state index contributed by atoms with van der Waals surface area (Å²) in [5.41, 5.74) is 0.657. The van der Waals surface area contributed by atoms with Crippen LogP contribution in [-0.4, -0.2) is 36.2 Å². The Balaban J connectivity index is 1.56. The highest BCUT2D eigenvalue weighted by Gasteiger charge is 2.22. The lowest BCUT2D eigenvalue weighted by atomic mass is 10.2. The molecule has 1 aliphatic heterocycles. The number of hydrogen-bond donors (Lipinski definition) is 3. The number of carbonyl (C=O) groups is 2. The van der Waals surface area contributed by atoms with E-state index in [1.165, 1.54) is 12.3 Å². The van der Waals surface area contributed by atoms with Crippen LogP contribution in [0.5, 0.6) is 5.75 Å². The van der Waals surface area contributed by atoms with Gasteiger partial charge in [0.05, 0.1) is 6.04 Å². The van der Waals surface area contributed by atoms with Crippen LogP contribution in [-0.2, 0) is 11.3 Å². The zero-order valence-electron chi connectivity index (χ0n) is 13.3. The number of nitrogens with one attached hydrogen (secondary N) is 3. The molecule has 2 heterocycles. The smallest absolute Gasteiger partial charge is 0.407 e. The maximum atomic E-state index is 12.1. The molecule has 25 heavy (non-hydrogen) atoms. The molecular formula is C17H17N3O5. The van der Waals surface area contributed by atoms with Gasteiger partial charge in [-0.05, 0) is 5.56 Å². The molecule has 8 heteroatoms. The third-order valence-electron chi connectivity index (χ3n) is 3.61. The third kappa shape index (κ3) is 4.37. The van der Waals surface area contributed by atoms with Crippen LogP contribution in [0, 0.1) is 0 Å². The number of hydrogen-bond acceptors (Lipinski definition) is 5. The van der Waals surface area contributed by atoms with Gasteiger partial charge in [0.15, 0.2) is 5.75 Å². The van der Waals surface area contributed by atoms with Gasteiger partial charge in [-0.1, -0.05) is 30.3 Å². The normalized spacial score (nSPS) is 16.0. The number of aromatic nitrogens is 1. The van der Waals surface area contributed by atoms with E-state index in [2.05, 4.69) is 15.6 Å². The Labute approximate surface area is 143 Å². The van der Waals surface area contributed by atoms with Crippen LogP contribution in [0.2, 0.25) is 0 Å². The van der Waals surface area contributed by atoms with Crippen LogP contribution in [0.3, 0.4) is 0 Å². The number of aromatic amines is 1. The van der Waals surface area contributed by atoms with Crippen molar-refractivity contribution in [1.82, 2.24) is 15.6 Å². The second-order valence-corrected chi connectivity index (χ2v) is 5.50. The van der Waals surface area contributed by atoms with Crippen molar-refractivity contribution in [3.05, 3.63) is 64.1 Å². The van der Waals surface area contributed by atoms with E-state index in [0.29, 0.717) is 0 Å². The fourth-order valence-corrected chi connectivity index (χ4v) is 2.28.